The molecule has 3 aromatic rings. The third-order valence-electron chi connectivity index (χ3n) is 4.86. The number of anilines is 1. The summed E-state index contributed by atoms with van der Waals surface area (Å²) in [5, 5.41) is 2.61. The van der Waals surface area contributed by atoms with Crippen molar-refractivity contribution in [3.8, 4) is 23.0 Å². The largest absolute Gasteiger partial charge is 0.573 e. The minimum absolute atomic E-state index is 0.0408. The van der Waals surface area contributed by atoms with Gasteiger partial charge in [0.05, 0.1) is 18.2 Å². The summed E-state index contributed by atoms with van der Waals surface area (Å²) >= 11 is 0. The van der Waals surface area contributed by atoms with Crippen LogP contribution in [0.4, 0.5) is 32.0 Å². The molecule has 0 fully saturated rings. The maximum atomic E-state index is 13.6. The first kappa shape index (κ1) is 26.6. The molecule has 0 aliphatic rings. The molecule has 36 heavy (non-hydrogen) atoms. The van der Waals surface area contributed by atoms with Crippen molar-refractivity contribution >= 4 is 11.6 Å². The molecule has 1 heterocycles. The van der Waals surface area contributed by atoms with Crippen molar-refractivity contribution in [3.05, 3.63) is 71.0 Å². The summed E-state index contributed by atoms with van der Waals surface area (Å²) in [6.45, 7) is 3.26. The monoisotopic (exact) mass is 514 g/mol. The van der Waals surface area contributed by atoms with Crippen LogP contribution in [0.2, 0.25) is 0 Å². The lowest BCUT2D eigenvalue weighted by atomic mass is 9.99. The number of halogens is 6. The van der Waals surface area contributed by atoms with Gasteiger partial charge in [-0.05, 0) is 55.3 Å². The molecule has 0 aliphatic heterocycles. The Kier molecular flexibility index (Phi) is 7.65. The van der Waals surface area contributed by atoms with Gasteiger partial charge in [-0.25, -0.2) is 0 Å². The molecule has 0 unspecified atom stereocenters. The van der Waals surface area contributed by atoms with Crippen LogP contribution >= 0.6 is 0 Å². The molecule has 0 saturated carbocycles. The number of nitrogens with one attached hydrogen (secondary N) is 1. The molecule has 0 bridgehead atoms. The Morgan fingerprint density at radius 1 is 0.972 bits per heavy atom. The van der Waals surface area contributed by atoms with Crippen LogP contribution in [0.1, 0.15) is 34.1 Å². The van der Waals surface area contributed by atoms with Crippen molar-refractivity contribution in [2.24, 2.45) is 0 Å². The van der Waals surface area contributed by atoms with E-state index in [1.54, 1.807) is 19.9 Å². The summed E-state index contributed by atoms with van der Waals surface area (Å²) in [6.07, 6.45) is -8.23. The number of hydrogen-bond donors (Lipinski definition) is 1. The molecule has 1 N–H and O–H groups in total. The van der Waals surface area contributed by atoms with Gasteiger partial charge >= 0.3 is 12.5 Å². The Hall–Kier alpha value is -3.96. The van der Waals surface area contributed by atoms with E-state index < -0.39 is 35.5 Å². The quantitative estimate of drug-likeness (QED) is 0.347. The van der Waals surface area contributed by atoms with E-state index in [1.165, 1.54) is 12.3 Å². The van der Waals surface area contributed by atoms with E-state index in [-0.39, 0.29) is 29.0 Å². The first-order valence-electron chi connectivity index (χ1n) is 10.4. The van der Waals surface area contributed by atoms with Crippen LogP contribution in [0.25, 0.3) is 0 Å². The van der Waals surface area contributed by atoms with Gasteiger partial charge in [0.2, 0.25) is 0 Å². The number of amides is 1. The number of ether oxygens (including phenoxy) is 3. The van der Waals surface area contributed by atoms with Crippen molar-refractivity contribution in [1.29, 1.82) is 0 Å². The van der Waals surface area contributed by atoms with Crippen LogP contribution in [0, 0.1) is 6.92 Å². The number of hydrogen-bond acceptors (Lipinski definition) is 5. The van der Waals surface area contributed by atoms with Gasteiger partial charge in [-0.1, -0.05) is 6.92 Å². The molecule has 0 aliphatic carbocycles. The zero-order valence-corrected chi connectivity index (χ0v) is 19.2. The maximum absolute atomic E-state index is 13.6. The summed E-state index contributed by atoms with van der Waals surface area (Å²) < 4.78 is 93.0. The van der Waals surface area contributed by atoms with Gasteiger partial charge in [-0.2, -0.15) is 13.2 Å². The van der Waals surface area contributed by atoms with E-state index in [2.05, 4.69) is 15.0 Å². The SMILES string of the molecule is CCc1cc(C(F)(F)F)cc(Oc2ccc(OC(F)(F)F)cc2OC)c1C(=O)Nc1ccnc(C)c1. The third kappa shape index (κ3) is 6.58. The first-order valence-corrected chi connectivity index (χ1v) is 10.4. The standard InChI is InChI=1S/C24H20F6N2O4/c1-4-14-10-15(23(25,26)27)11-20(21(14)22(33)32-16-7-8-31-13(2)9-16)35-18-6-5-17(12-19(18)34-3)36-24(28,29)30/h5-12H,4H2,1-3H3,(H,31,32,33). The molecular formula is C24H20F6N2O4. The highest BCUT2D eigenvalue weighted by molar-refractivity contribution is 6.07. The van der Waals surface area contributed by atoms with Crippen molar-refractivity contribution < 1.29 is 45.3 Å². The normalized spacial score (nSPS) is 11.7. The van der Waals surface area contributed by atoms with E-state index in [1.807, 2.05) is 0 Å². The van der Waals surface area contributed by atoms with Gasteiger partial charge in [0, 0.05) is 23.6 Å². The Balaban J connectivity index is 2.10. The van der Waals surface area contributed by atoms with Gasteiger partial charge in [0.1, 0.15) is 11.5 Å². The number of benzene rings is 2. The number of aryl methyl sites for hydroxylation is 2. The second-order valence-corrected chi connectivity index (χ2v) is 7.46. The van der Waals surface area contributed by atoms with Gasteiger partial charge in [0.25, 0.3) is 5.91 Å². The molecule has 1 amide bonds. The number of aromatic nitrogens is 1. The first-order chi connectivity index (χ1) is 16.8. The summed E-state index contributed by atoms with van der Waals surface area (Å²) in [6, 6.07) is 7.35. The van der Waals surface area contributed by atoms with Crippen molar-refractivity contribution in [3.63, 3.8) is 0 Å². The Bertz CT molecular complexity index is 1260. The smallest absolute Gasteiger partial charge is 0.493 e. The molecule has 192 valence electrons. The van der Waals surface area contributed by atoms with Gasteiger partial charge in [-0.15, -0.1) is 13.2 Å². The van der Waals surface area contributed by atoms with Crippen LogP contribution in [0.3, 0.4) is 0 Å². The minimum Gasteiger partial charge on any atom is -0.493 e. The Morgan fingerprint density at radius 2 is 1.69 bits per heavy atom. The van der Waals surface area contributed by atoms with E-state index in [0.29, 0.717) is 17.4 Å². The summed E-state index contributed by atoms with van der Waals surface area (Å²) in [7, 11) is 1.13. The maximum Gasteiger partial charge on any atom is 0.573 e. The summed E-state index contributed by atoms with van der Waals surface area (Å²) in [5.74, 6) is -2.34. The molecule has 0 atom stereocenters. The zero-order valence-electron chi connectivity index (χ0n) is 19.2. The number of methoxy groups -OCH3 is 1. The highest BCUT2D eigenvalue weighted by atomic mass is 19.4. The Labute approximate surface area is 201 Å². The van der Waals surface area contributed by atoms with Gasteiger partial charge in [0.15, 0.2) is 11.5 Å². The number of carbonyl (C=O) groups excluding carboxylic acids is 1. The number of pyridine rings is 1. The zero-order chi connectivity index (χ0) is 26.7. The lowest BCUT2D eigenvalue weighted by Crippen LogP contribution is -2.18. The molecule has 0 spiro atoms. The topological polar surface area (TPSA) is 69.7 Å². The minimum atomic E-state index is -4.97. The van der Waals surface area contributed by atoms with Gasteiger partial charge in [-0.3, -0.25) is 9.78 Å². The summed E-state index contributed by atoms with van der Waals surface area (Å²) in [5.41, 5.74) is -0.261. The molecule has 0 saturated heterocycles. The number of alkyl halides is 6. The fraction of sp³-hybridized carbons (Fsp3) is 0.250. The van der Waals surface area contributed by atoms with E-state index >= 15 is 0 Å². The predicted molar refractivity (Wildman–Crippen MR) is 118 cm³/mol. The highest BCUT2D eigenvalue weighted by Gasteiger charge is 2.34. The van der Waals surface area contributed by atoms with Crippen LogP contribution in [0.15, 0.2) is 48.7 Å². The van der Waals surface area contributed by atoms with Crippen LogP contribution < -0.4 is 19.5 Å². The third-order valence-corrected chi connectivity index (χ3v) is 4.86. The number of carbonyl (C=O) groups is 1. The van der Waals surface area contributed by atoms with E-state index in [0.717, 1.165) is 31.4 Å². The lowest BCUT2D eigenvalue weighted by molar-refractivity contribution is -0.274. The second-order valence-electron chi connectivity index (χ2n) is 7.46. The highest BCUT2D eigenvalue weighted by Crippen LogP contribution is 2.41. The van der Waals surface area contributed by atoms with Crippen molar-refractivity contribution in [2.75, 3.05) is 12.4 Å². The van der Waals surface area contributed by atoms with Crippen molar-refractivity contribution in [2.45, 2.75) is 32.8 Å². The number of nitrogens with zero attached hydrogens (tertiary/aromatic N) is 1. The molecule has 1 aromatic heterocycles. The van der Waals surface area contributed by atoms with Crippen LogP contribution in [-0.2, 0) is 12.6 Å². The average molecular weight is 514 g/mol. The van der Waals surface area contributed by atoms with E-state index in [9.17, 15) is 31.1 Å². The van der Waals surface area contributed by atoms with Crippen LogP contribution in [-0.4, -0.2) is 24.4 Å². The molecule has 6 nitrogen and oxygen atoms in total. The fourth-order valence-corrected chi connectivity index (χ4v) is 3.32. The van der Waals surface area contributed by atoms with E-state index in [4.69, 9.17) is 9.47 Å². The second kappa shape index (κ2) is 10.3. The fourth-order valence-electron chi connectivity index (χ4n) is 3.32. The summed E-state index contributed by atoms with van der Waals surface area (Å²) in [4.78, 5) is 17.2. The number of rotatable bonds is 7. The molecule has 12 heteroatoms. The molecule has 2 aromatic carbocycles. The average Bonchev–Trinajstić information content (AvgIpc) is 2.77. The Morgan fingerprint density at radius 3 is 2.28 bits per heavy atom. The molecule has 0 radical (unpaired) electrons. The van der Waals surface area contributed by atoms with Crippen molar-refractivity contribution in [1.82, 2.24) is 4.98 Å². The van der Waals surface area contributed by atoms with Gasteiger partial charge < -0.3 is 19.5 Å². The molecule has 3 rings (SSSR count). The lowest BCUT2D eigenvalue weighted by Gasteiger charge is -2.19. The molecular weight excluding hydrogens is 494 g/mol. The van der Waals surface area contributed by atoms with Crippen LogP contribution in [0.5, 0.6) is 23.0 Å². The predicted octanol–water partition coefficient (Wildman–Crippen LogP) is 6.92.